The van der Waals surface area contributed by atoms with Crippen LogP contribution in [-0.2, 0) is 6.42 Å². The number of pyridine rings is 1. The van der Waals surface area contributed by atoms with Gasteiger partial charge in [0.2, 0.25) is 0 Å². The van der Waals surface area contributed by atoms with Crippen molar-refractivity contribution in [3.8, 4) is 0 Å². The Morgan fingerprint density at radius 2 is 1.90 bits per heavy atom. The molecule has 0 aliphatic heterocycles. The van der Waals surface area contributed by atoms with E-state index in [2.05, 4.69) is 36.4 Å². The Kier molecular flexibility index (Phi) is 7.20. The van der Waals surface area contributed by atoms with Gasteiger partial charge in [-0.1, -0.05) is 20.8 Å². The second-order valence-corrected chi connectivity index (χ2v) is 5.96. The van der Waals surface area contributed by atoms with E-state index in [1.807, 2.05) is 26.0 Å². The van der Waals surface area contributed by atoms with Gasteiger partial charge < -0.3 is 10.6 Å². The van der Waals surface area contributed by atoms with E-state index in [-0.39, 0.29) is 11.9 Å². The van der Waals surface area contributed by atoms with Gasteiger partial charge in [-0.2, -0.15) is 0 Å². The second-order valence-electron chi connectivity index (χ2n) is 5.96. The molecule has 1 rings (SSSR count). The maximum Gasteiger partial charge on any atom is 0.251 e. The number of rotatable bonds is 8. The van der Waals surface area contributed by atoms with Crippen molar-refractivity contribution in [2.75, 3.05) is 11.9 Å². The summed E-state index contributed by atoms with van der Waals surface area (Å²) in [5.41, 5.74) is 1.63. The van der Waals surface area contributed by atoms with Crippen molar-refractivity contribution in [1.29, 1.82) is 0 Å². The fraction of sp³-hybridized carbons (Fsp3) is 0.647. The summed E-state index contributed by atoms with van der Waals surface area (Å²) in [5.74, 6) is 1.43. The summed E-state index contributed by atoms with van der Waals surface area (Å²) in [7, 11) is 0. The Balaban J connectivity index is 2.74. The van der Waals surface area contributed by atoms with Gasteiger partial charge in [0.25, 0.3) is 5.91 Å². The molecule has 21 heavy (non-hydrogen) atoms. The lowest BCUT2D eigenvalue weighted by atomic mass is 10.0. The molecule has 0 spiro atoms. The summed E-state index contributed by atoms with van der Waals surface area (Å²) in [6, 6.07) is 3.90. The molecular weight excluding hydrogens is 262 g/mol. The number of nitrogens with one attached hydrogen (secondary N) is 2. The van der Waals surface area contributed by atoms with Crippen LogP contribution < -0.4 is 10.6 Å². The quantitative estimate of drug-likeness (QED) is 0.769. The van der Waals surface area contributed by atoms with Gasteiger partial charge in [-0.3, -0.25) is 4.79 Å². The maximum atomic E-state index is 12.4. The molecule has 118 valence electrons. The van der Waals surface area contributed by atoms with Crippen molar-refractivity contribution >= 4 is 11.7 Å². The van der Waals surface area contributed by atoms with Crippen LogP contribution in [0.2, 0.25) is 0 Å². The summed E-state index contributed by atoms with van der Waals surface area (Å²) in [5, 5.41) is 6.26. The third-order valence-electron chi connectivity index (χ3n) is 3.42. The lowest BCUT2D eigenvalue weighted by molar-refractivity contribution is 0.0937. The van der Waals surface area contributed by atoms with Crippen LogP contribution >= 0.6 is 0 Å². The summed E-state index contributed by atoms with van der Waals surface area (Å²) in [6.45, 7) is 11.3. The van der Waals surface area contributed by atoms with Crippen molar-refractivity contribution in [3.05, 3.63) is 23.4 Å². The smallest absolute Gasteiger partial charge is 0.251 e. The SMILES string of the molecule is CCNc1cc(C(=O)NC(C)CCC(C)C)cc(CC)n1. The maximum absolute atomic E-state index is 12.4. The Hall–Kier alpha value is -1.58. The normalized spacial score (nSPS) is 12.3. The Labute approximate surface area is 128 Å². The van der Waals surface area contributed by atoms with E-state index < -0.39 is 0 Å². The lowest BCUT2D eigenvalue weighted by Crippen LogP contribution is -2.33. The van der Waals surface area contributed by atoms with E-state index in [9.17, 15) is 4.79 Å². The first kappa shape index (κ1) is 17.5. The van der Waals surface area contributed by atoms with Gasteiger partial charge in [0.15, 0.2) is 0 Å². The van der Waals surface area contributed by atoms with E-state index in [1.54, 1.807) is 0 Å². The predicted molar refractivity (Wildman–Crippen MR) is 88.8 cm³/mol. The molecule has 4 heteroatoms. The molecule has 1 unspecified atom stereocenters. The van der Waals surface area contributed by atoms with E-state index in [4.69, 9.17) is 0 Å². The molecule has 1 atom stereocenters. The van der Waals surface area contributed by atoms with E-state index >= 15 is 0 Å². The molecule has 1 heterocycles. The highest BCUT2D eigenvalue weighted by Crippen LogP contribution is 2.12. The number of aryl methyl sites for hydroxylation is 1. The van der Waals surface area contributed by atoms with Gasteiger partial charge in [-0.15, -0.1) is 0 Å². The lowest BCUT2D eigenvalue weighted by Gasteiger charge is -2.16. The topological polar surface area (TPSA) is 54.0 Å². The molecule has 0 aromatic carbocycles. The monoisotopic (exact) mass is 291 g/mol. The zero-order valence-electron chi connectivity index (χ0n) is 14.0. The van der Waals surface area contributed by atoms with Crippen LogP contribution in [0.25, 0.3) is 0 Å². The summed E-state index contributed by atoms with van der Waals surface area (Å²) >= 11 is 0. The Morgan fingerprint density at radius 3 is 2.48 bits per heavy atom. The molecular formula is C17H29N3O. The number of anilines is 1. The average molecular weight is 291 g/mol. The van der Waals surface area contributed by atoms with Crippen molar-refractivity contribution in [2.24, 2.45) is 5.92 Å². The Morgan fingerprint density at radius 1 is 1.19 bits per heavy atom. The van der Waals surface area contributed by atoms with Crippen LogP contribution in [-0.4, -0.2) is 23.5 Å². The molecule has 0 saturated carbocycles. The minimum Gasteiger partial charge on any atom is -0.370 e. The van der Waals surface area contributed by atoms with Crippen LogP contribution in [0.15, 0.2) is 12.1 Å². The molecule has 0 aliphatic rings. The van der Waals surface area contributed by atoms with Crippen molar-refractivity contribution in [2.45, 2.75) is 59.9 Å². The van der Waals surface area contributed by atoms with Gasteiger partial charge in [-0.05, 0) is 51.2 Å². The van der Waals surface area contributed by atoms with E-state index in [0.717, 1.165) is 37.3 Å². The molecule has 0 saturated heterocycles. The Bertz CT molecular complexity index is 457. The van der Waals surface area contributed by atoms with Gasteiger partial charge >= 0.3 is 0 Å². The van der Waals surface area contributed by atoms with Crippen LogP contribution in [0.1, 0.15) is 63.5 Å². The fourth-order valence-electron chi connectivity index (χ4n) is 2.13. The molecule has 1 aromatic rings. The number of carbonyl (C=O) groups is 1. The van der Waals surface area contributed by atoms with Gasteiger partial charge in [0, 0.05) is 23.8 Å². The van der Waals surface area contributed by atoms with Crippen LogP contribution in [0.4, 0.5) is 5.82 Å². The van der Waals surface area contributed by atoms with Crippen molar-refractivity contribution < 1.29 is 4.79 Å². The van der Waals surface area contributed by atoms with Gasteiger partial charge in [-0.25, -0.2) is 4.98 Å². The molecule has 4 nitrogen and oxygen atoms in total. The van der Waals surface area contributed by atoms with Crippen molar-refractivity contribution in [3.63, 3.8) is 0 Å². The fourth-order valence-corrected chi connectivity index (χ4v) is 2.13. The number of nitrogens with zero attached hydrogens (tertiary/aromatic N) is 1. The minimum atomic E-state index is -0.0116. The highest BCUT2D eigenvalue weighted by atomic mass is 16.1. The zero-order chi connectivity index (χ0) is 15.8. The number of hydrogen-bond donors (Lipinski definition) is 2. The van der Waals surface area contributed by atoms with E-state index in [1.165, 1.54) is 0 Å². The molecule has 0 aliphatic carbocycles. The number of carbonyl (C=O) groups excluding carboxylic acids is 1. The number of amides is 1. The van der Waals surface area contributed by atoms with Crippen LogP contribution in [0, 0.1) is 5.92 Å². The highest BCUT2D eigenvalue weighted by molar-refractivity contribution is 5.95. The van der Waals surface area contributed by atoms with Crippen molar-refractivity contribution in [1.82, 2.24) is 10.3 Å². The van der Waals surface area contributed by atoms with Crippen LogP contribution in [0.5, 0.6) is 0 Å². The largest absolute Gasteiger partial charge is 0.370 e. The van der Waals surface area contributed by atoms with Crippen LogP contribution in [0.3, 0.4) is 0 Å². The first-order chi connectivity index (χ1) is 9.96. The molecule has 1 amide bonds. The molecule has 0 fully saturated rings. The predicted octanol–water partition coefficient (Wildman–Crippen LogP) is 3.63. The van der Waals surface area contributed by atoms with Gasteiger partial charge in [0.05, 0.1) is 0 Å². The molecule has 2 N–H and O–H groups in total. The summed E-state index contributed by atoms with van der Waals surface area (Å²) in [6.07, 6.45) is 2.96. The van der Waals surface area contributed by atoms with Gasteiger partial charge in [0.1, 0.15) is 5.82 Å². The average Bonchev–Trinajstić information content (AvgIpc) is 2.45. The molecule has 0 radical (unpaired) electrons. The highest BCUT2D eigenvalue weighted by Gasteiger charge is 2.12. The number of hydrogen-bond acceptors (Lipinski definition) is 3. The standard InChI is InChI=1S/C17H29N3O/c1-6-15-10-14(11-16(20-15)18-7-2)17(21)19-13(5)9-8-12(3)4/h10-13H,6-9H2,1-5H3,(H,18,20)(H,19,21). The first-order valence-corrected chi connectivity index (χ1v) is 8.01. The third-order valence-corrected chi connectivity index (χ3v) is 3.42. The second kappa shape index (κ2) is 8.65. The zero-order valence-corrected chi connectivity index (χ0v) is 14.0. The first-order valence-electron chi connectivity index (χ1n) is 8.01. The summed E-state index contributed by atoms with van der Waals surface area (Å²) in [4.78, 5) is 16.8. The molecule has 1 aromatic heterocycles. The van der Waals surface area contributed by atoms with E-state index in [0.29, 0.717) is 11.5 Å². The molecule has 0 bridgehead atoms. The third kappa shape index (κ3) is 6.15. The summed E-state index contributed by atoms with van der Waals surface area (Å²) < 4.78 is 0. The minimum absolute atomic E-state index is 0.0116. The number of aromatic nitrogens is 1.